The van der Waals surface area contributed by atoms with Gasteiger partial charge in [0.25, 0.3) is 5.91 Å². The number of hydrogen-bond acceptors (Lipinski definition) is 4. The zero-order valence-corrected chi connectivity index (χ0v) is 12.3. The molecule has 1 amide bonds. The van der Waals surface area contributed by atoms with Gasteiger partial charge in [0, 0.05) is 16.7 Å². The molecule has 0 saturated carbocycles. The van der Waals surface area contributed by atoms with Crippen molar-refractivity contribution < 1.29 is 9.32 Å². The van der Waals surface area contributed by atoms with Crippen LogP contribution in [0.3, 0.4) is 0 Å². The molecule has 5 nitrogen and oxygen atoms in total. The van der Waals surface area contributed by atoms with E-state index in [4.69, 9.17) is 10.3 Å². The number of benzene rings is 1. The van der Waals surface area contributed by atoms with E-state index in [1.54, 1.807) is 12.1 Å². The van der Waals surface area contributed by atoms with Crippen LogP contribution >= 0.6 is 0 Å². The Labute approximate surface area is 123 Å². The van der Waals surface area contributed by atoms with E-state index < -0.39 is 0 Å². The van der Waals surface area contributed by atoms with Crippen LogP contribution < -0.4 is 11.1 Å². The molecule has 5 heteroatoms. The number of carbonyl (C=O) groups is 1. The number of anilines is 1. The van der Waals surface area contributed by atoms with Gasteiger partial charge < -0.3 is 10.3 Å². The standard InChI is InChI=1S/C16H17N3O2/c1-10-9-14(7-6-13(10)5-4-8-17)15(20)18-16-11(2)12(3)19-21-16/h6-7,9H,8,17H2,1-3H3,(H,18,20). The number of carbonyl (C=O) groups excluding carboxylic acids is 1. The van der Waals surface area contributed by atoms with E-state index in [2.05, 4.69) is 22.3 Å². The van der Waals surface area contributed by atoms with Crippen molar-refractivity contribution in [3.05, 3.63) is 46.1 Å². The molecule has 0 bridgehead atoms. The van der Waals surface area contributed by atoms with E-state index in [1.807, 2.05) is 26.8 Å². The molecule has 3 N–H and O–H groups in total. The zero-order valence-electron chi connectivity index (χ0n) is 12.3. The first-order valence-electron chi connectivity index (χ1n) is 6.56. The average molecular weight is 283 g/mol. The number of nitrogens with two attached hydrogens (primary N) is 1. The van der Waals surface area contributed by atoms with Gasteiger partial charge >= 0.3 is 0 Å². The van der Waals surface area contributed by atoms with Gasteiger partial charge in [-0.25, -0.2) is 0 Å². The highest BCUT2D eigenvalue weighted by molar-refractivity contribution is 6.04. The third-order valence-electron chi connectivity index (χ3n) is 3.20. The van der Waals surface area contributed by atoms with Gasteiger partial charge in [-0.15, -0.1) is 0 Å². The van der Waals surface area contributed by atoms with Crippen molar-refractivity contribution >= 4 is 11.8 Å². The second-order valence-corrected chi connectivity index (χ2v) is 4.71. The molecule has 0 unspecified atom stereocenters. The smallest absolute Gasteiger partial charge is 0.258 e. The molecule has 0 spiro atoms. The first-order chi connectivity index (χ1) is 10.0. The topological polar surface area (TPSA) is 81.2 Å². The molecule has 0 fully saturated rings. The highest BCUT2D eigenvalue weighted by Gasteiger charge is 2.13. The lowest BCUT2D eigenvalue weighted by molar-refractivity contribution is 0.102. The van der Waals surface area contributed by atoms with E-state index in [1.165, 1.54) is 0 Å². The summed E-state index contributed by atoms with van der Waals surface area (Å²) in [5.41, 5.74) is 9.27. The van der Waals surface area contributed by atoms with Gasteiger partial charge in [0.05, 0.1) is 12.2 Å². The summed E-state index contributed by atoms with van der Waals surface area (Å²) in [4.78, 5) is 12.2. The number of amides is 1. The third-order valence-corrected chi connectivity index (χ3v) is 3.20. The minimum absolute atomic E-state index is 0.240. The van der Waals surface area contributed by atoms with Crippen molar-refractivity contribution in [2.75, 3.05) is 11.9 Å². The number of rotatable bonds is 2. The van der Waals surface area contributed by atoms with E-state index in [0.717, 1.165) is 22.4 Å². The van der Waals surface area contributed by atoms with Crippen LogP contribution in [-0.4, -0.2) is 17.6 Å². The van der Waals surface area contributed by atoms with Gasteiger partial charge in [0.15, 0.2) is 0 Å². The quantitative estimate of drug-likeness (QED) is 0.828. The molecule has 1 aromatic heterocycles. The van der Waals surface area contributed by atoms with Gasteiger partial charge in [0.2, 0.25) is 5.88 Å². The number of aromatic nitrogens is 1. The summed E-state index contributed by atoms with van der Waals surface area (Å²) in [6, 6.07) is 5.32. The third kappa shape index (κ3) is 3.30. The highest BCUT2D eigenvalue weighted by atomic mass is 16.5. The molecule has 0 aliphatic carbocycles. The molecule has 2 aromatic rings. The van der Waals surface area contributed by atoms with Crippen LogP contribution in [0.15, 0.2) is 22.7 Å². The maximum atomic E-state index is 12.2. The van der Waals surface area contributed by atoms with E-state index >= 15 is 0 Å². The number of aryl methyl sites for hydroxylation is 2. The molecular formula is C16H17N3O2. The maximum Gasteiger partial charge on any atom is 0.258 e. The van der Waals surface area contributed by atoms with Crippen molar-refractivity contribution in [3.8, 4) is 11.8 Å². The van der Waals surface area contributed by atoms with Crippen LogP contribution in [0.4, 0.5) is 5.88 Å². The van der Waals surface area contributed by atoms with Crippen molar-refractivity contribution in [1.29, 1.82) is 0 Å². The molecule has 0 aliphatic rings. The predicted molar refractivity (Wildman–Crippen MR) is 81.0 cm³/mol. The summed E-state index contributed by atoms with van der Waals surface area (Å²) in [5, 5.41) is 6.52. The molecule has 1 aromatic carbocycles. The Morgan fingerprint density at radius 3 is 2.71 bits per heavy atom. The van der Waals surface area contributed by atoms with Gasteiger partial charge in [-0.05, 0) is 44.5 Å². The lowest BCUT2D eigenvalue weighted by atomic mass is 10.0. The molecule has 0 atom stereocenters. The fourth-order valence-corrected chi connectivity index (χ4v) is 1.80. The maximum absolute atomic E-state index is 12.2. The SMILES string of the molecule is Cc1cc(C(=O)Nc2onc(C)c2C)ccc1C#CCN. The molecule has 21 heavy (non-hydrogen) atoms. The van der Waals surface area contributed by atoms with Crippen LogP contribution in [0.25, 0.3) is 0 Å². The second-order valence-electron chi connectivity index (χ2n) is 4.71. The Morgan fingerprint density at radius 1 is 1.38 bits per heavy atom. The van der Waals surface area contributed by atoms with Crippen LogP contribution in [0.2, 0.25) is 0 Å². The number of hydrogen-bond donors (Lipinski definition) is 2. The van der Waals surface area contributed by atoms with Crippen molar-refractivity contribution in [2.45, 2.75) is 20.8 Å². The second kappa shape index (κ2) is 6.25. The van der Waals surface area contributed by atoms with Crippen molar-refractivity contribution in [2.24, 2.45) is 5.73 Å². The fourth-order valence-electron chi connectivity index (χ4n) is 1.80. The summed E-state index contributed by atoms with van der Waals surface area (Å²) >= 11 is 0. The van der Waals surface area contributed by atoms with Gasteiger partial charge in [0.1, 0.15) is 0 Å². The van der Waals surface area contributed by atoms with Crippen molar-refractivity contribution in [1.82, 2.24) is 5.16 Å². The molecule has 0 aliphatic heterocycles. The Kier molecular flexibility index (Phi) is 4.41. The average Bonchev–Trinajstić information content (AvgIpc) is 2.78. The van der Waals surface area contributed by atoms with Gasteiger partial charge in [-0.1, -0.05) is 17.0 Å². The summed E-state index contributed by atoms with van der Waals surface area (Å²) in [5.74, 6) is 5.90. The summed E-state index contributed by atoms with van der Waals surface area (Å²) in [7, 11) is 0. The Bertz CT molecular complexity index is 736. The normalized spacial score (nSPS) is 9.90. The zero-order chi connectivity index (χ0) is 15.4. The van der Waals surface area contributed by atoms with Crippen LogP contribution in [0, 0.1) is 32.6 Å². The largest absolute Gasteiger partial charge is 0.338 e. The molecule has 1 heterocycles. The van der Waals surface area contributed by atoms with E-state index in [0.29, 0.717) is 18.0 Å². The lowest BCUT2D eigenvalue weighted by Crippen LogP contribution is -2.12. The monoisotopic (exact) mass is 283 g/mol. The predicted octanol–water partition coefficient (Wildman–Crippen LogP) is 2.16. The lowest BCUT2D eigenvalue weighted by Gasteiger charge is -2.05. The van der Waals surface area contributed by atoms with Crippen LogP contribution in [-0.2, 0) is 0 Å². The summed E-state index contributed by atoms with van der Waals surface area (Å²) in [6.07, 6.45) is 0. The molecule has 108 valence electrons. The highest BCUT2D eigenvalue weighted by Crippen LogP contribution is 2.19. The molecule has 0 radical (unpaired) electrons. The van der Waals surface area contributed by atoms with Crippen LogP contribution in [0.1, 0.15) is 32.7 Å². The summed E-state index contributed by atoms with van der Waals surface area (Å²) < 4.78 is 5.08. The Hall–Kier alpha value is -2.58. The Balaban J connectivity index is 2.20. The Morgan fingerprint density at radius 2 is 2.14 bits per heavy atom. The first kappa shape index (κ1) is 14.8. The first-order valence-corrected chi connectivity index (χ1v) is 6.56. The van der Waals surface area contributed by atoms with Gasteiger partial charge in [-0.3, -0.25) is 10.1 Å². The van der Waals surface area contributed by atoms with Gasteiger partial charge in [-0.2, -0.15) is 0 Å². The summed E-state index contributed by atoms with van der Waals surface area (Å²) in [6.45, 7) is 5.88. The number of nitrogens with one attached hydrogen (secondary N) is 1. The fraction of sp³-hybridized carbons (Fsp3) is 0.250. The van der Waals surface area contributed by atoms with E-state index in [9.17, 15) is 4.79 Å². The molecule has 0 saturated heterocycles. The minimum Gasteiger partial charge on any atom is -0.338 e. The molecule has 2 rings (SSSR count). The molecular weight excluding hydrogens is 266 g/mol. The van der Waals surface area contributed by atoms with Crippen LogP contribution in [0.5, 0.6) is 0 Å². The van der Waals surface area contributed by atoms with E-state index in [-0.39, 0.29) is 5.91 Å². The minimum atomic E-state index is -0.240. The number of nitrogens with zero attached hydrogens (tertiary/aromatic N) is 1. The van der Waals surface area contributed by atoms with Crippen molar-refractivity contribution in [3.63, 3.8) is 0 Å².